The second-order valence-corrected chi connectivity index (χ2v) is 6.48. The second-order valence-electron chi connectivity index (χ2n) is 6.48. The molecule has 6 heteroatoms. The highest BCUT2D eigenvalue weighted by Crippen LogP contribution is 2.27. The summed E-state index contributed by atoms with van der Waals surface area (Å²) >= 11 is 0. The first-order chi connectivity index (χ1) is 12.6. The van der Waals surface area contributed by atoms with Crippen LogP contribution in [0.4, 0.5) is 11.6 Å². The minimum Gasteiger partial charge on any atom is -0.343 e. The highest BCUT2D eigenvalue weighted by molar-refractivity contribution is 6.23. The smallest absolute Gasteiger partial charge is 0.256 e. The van der Waals surface area contributed by atoms with Gasteiger partial charge in [-0.1, -0.05) is 24.3 Å². The summed E-state index contributed by atoms with van der Waals surface area (Å²) < 4.78 is 2.02. The molecule has 1 saturated heterocycles. The van der Waals surface area contributed by atoms with E-state index in [2.05, 4.69) is 10.3 Å². The summed E-state index contributed by atoms with van der Waals surface area (Å²) in [6.45, 7) is 4.69. The summed E-state index contributed by atoms with van der Waals surface area (Å²) in [5, 5.41) is 3.18. The third kappa shape index (κ3) is 2.63. The highest BCUT2D eigenvalue weighted by atomic mass is 16.2. The zero-order valence-electron chi connectivity index (χ0n) is 14.8. The van der Waals surface area contributed by atoms with Gasteiger partial charge in [0.25, 0.3) is 5.91 Å². The van der Waals surface area contributed by atoms with Crippen LogP contribution in [0.5, 0.6) is 0 Å². The summed E-state index contributed by atoms with van der Waals surface area (Å²) in [4.78, 5) is 31.2. The van der Waals surface area contributed by atoms with E-state index >= 15 is 0 Å². The molecule has 132 valence electrons. The predicted molar refractivity (Wildman–Crippen MR) is 101 cm³/mol. The Balaban J connectivity index is 1.64. The quantitative estimate of drug-likeness (QED) is 0.736. The number of carbonyl (C=O) groups excluding carboxylic acids is 2. The first-order valence-corrected chi connectivity index (χ1v) is 8.73. The van der Waals surface area contributed by atoms with Gasteiger partial charge >= 0.3 is 0 Å². The molecule has 6 nitrogen and oxygen atoms in total. The second kappa shape index (κ2) is 6.29. The molecule has 1 aliphatic rings. The van der Waals surface area contributed by atoms with Gasteiger partial charge in [-0.05, 0) is 43.7 Å². The molecular weight excluding hydrogens is 328 g/mol. The Morgan fingerprint density at radius 1 is 1.15 bits per heavy atom. The molecule has 4 rings (SSSR count). The Kier molecular flexibility index (Phi) is 3.95. The van der Waals surface area contributed by atoms with Gasteiger partial charge in [0, 0.05) is 6.54 Å². The van der Waals surface area contributed by atoms with Gasteiger partial charge < -0.3 is 9.88 Å². The Morgan fingerprint density at radius 3 is 2.73 bits per heavy atom. The maximum absolute atomic E-state index is 12.9. The molecule has 0 aliphatic carbocycles. The fourth-order valence-corrected chi connectivity index (χ4v) is 3.44. The van der Waals surface area contributed by atoms with E-state index in [9.17, 15) is 9.59 Å². The number of rotatable bonds is 4. The van der Waals surface area contributed by atoms with Crippen LogP contribution in [-0.2, 0) is 16.1 Å². The standard InChI is InChI=1S/C20H20N4O2/c1-3-23-17-10-5-4-9-15(17)21-20(23)22-16-12-18(25)24(19(16)26)14-8-6-7-13(2)11-14/h4-11,16H,3,12H2,1-2H3,(H,21,22)/t16-/m0/s1. The Hall–Kier alpha value is -3.15. The topological polar surface area (TPSA) is 67.2 Å². The van der Waals surface area contributed by atoms with E-state index in [4.69, 9.17) is 0 Å². The van der Waals surface area contributed by atoms with Crippen LogP contribution in [0, 0.1) is 6.92 Å². The fraction of sp³-hybridized carbons (Fsp3) is 0.250. The first kappa shape index (κ1) is 16.3. The van der Waals surface area contributed by atoms with Gasteiger partial charge in [-0.15, -0.1) is 0 Å². The Bertz CT molecular complexity index is 1010. The summed E-state index contributed by atoms with van der Waals surface area (Å²) in [7, 11) is 0. The number of hydrogen-bond donors (Lipinski definition) is 1. The van der Waals surface area contributed by atoms with Crippen molar-refractivity contribution < 1.29 is 9.59 Å². The number of nitrogens with one attached hydrogen (secondary N) is 1. The maximum Gasteiger partial charge on any atom is 0.256 e. The third-order valence-corrected chi connectivity index (χ3v) is 4.68. The van der Waals surface area contributed by atoms with Crippen molar-refractivity contribution in [1.82, 2.24) is 9.55 Å². The van der Waals surface area contributed by atoms with Crippen molar-refractivity contribution in [1.29, 1.82) is 0 Å². The molecule has 3 aromatic rings. The van der Waals surface area contributed by atoms with Gasteiger partial charge in [0.1, 0.15) is 6.04 Å². The lowest BCUT2D eigenvalue weighted by Crippen LogP contribution is -2.35. The average molecular weight is 348 g/mol. The number of imide groups is 1. The van der Waals surface area contributed by atoms with Crippen LogP contribution in [0.25, 0.3) is 11.0 Å². The molecule has 0 bridgehead atoms. The molecule has 1 N–H and O–H groups in total. The Morgan fingerprint density at radius 2 is 1.96 bits per heavy atom. The summed E-state index contributed by atoms with van der Waals surface area (Å²) in [6.07, 6.45) is 0.125. The van der Waals surface area contributed by atoms with E-state index in [1.54, 1.807) is 6.07 Å². The zero-order valence-corrected chi connectivity index (χ0v) is 14.8. The molecule has 2 amide bonds. The van der Waals surface area contributed by atoms with Gasteiger partial charge in [-0.2, -0.15) is 0 Å². The summed E-state index contributed by atoms with van der Waals surface area (Å²) in [5.74, 6) is 0.179. The SMILES string of the molecule is CCn1c(N[C@H]2CC(=O)N(c3cccc(C)c3)C2=O)nc2ccccc21. The van der Waals surface area contributed by atoms with Crippen molar-refractivity contribution in [3.05, 3.63) is 54.1 Å². The van der Waals surface area contributed by atoms with Crippen LogP contribution in [0.15, 0.2) is 48.5 Å². The number of anilines is 2. The summed E-state index contributed by atoms with van der Waals surface area (Å²) in [5.41, 5.74) is 3.49. The molecule has 1 fully saturated rings. The molecule has 1 atom stereocenters. The van der Waals surface area contributed by atoms with E-state index < -0.39 is 6.04 Å². The number of para-hydroxylation sites is 2. The van der Waals surface area contributed by atoms with E-state index in [0.717, 1.165) is 23.1 Å². The van der Waals surface area contributed by atoms with Crippen molar-refractivity contribution in [2.75, 3.05) is 10.2 Å². The van der Waals surface area contributed by atoms with Crippen LogP contribution in [0.3, 0.4) is 0 Å². The van der Waals surface area contributed by atoms with Crippen molar-refractivity contribution in [2.45, 2.75) is 32.9 Å². The highest BCUT2D eigenvalue weighted by Gasteiger charge is 2.40. The number of benzene rings is 2. The van der Waals surface area contributed by atoms with Crippen LogP contribution >= 0.6 is 0 Å². The summed E-state index contributed by atoms with van der Waals surface area (Å²) in [6, 6.07) is 14.6. The molecular formula is C20H20N4O2. The number of amides is 2. The number of carbonyl (C=O) groups is 2. The zero-order chi connectivity index (χ0) is 18.3. The normalized spacial score (nSPS) is 17.3. The van der Waals surface area contributed by atoms with Crippen molar-refractivity contribution in [3.8, 4) is 0 Å². The molecule has 1 aliphatic heterocycles. The van der Waals surface area contributed by atoms with Crippen molar-refractivity contribution in [3.63, 3.8) is 0 Å². The van der Waals surface area contributed by atoms with Gasteiger partial charge in [0.15, 0.2) is 0 Å². The number of aromatic nitrogens is 2. The molecule has 0 saturated carbocycles. The van der Waals surface area contributed by atoms with Crippen LogP contribution < -0.4 is 10.2 Å². The number of fused-ring (bicyclic) bond motifs is 1. The molecule has 0 unspecified atom stereocenters. The number of nitrogens with zero attached hydrogens (tertiary/aromatic N) is 3. The van der Waals surface area contributed by atoms with Crippen molar-refractivity contribution in [2.24, 2.45) is 0 Å². The fourth-order valence-electron chi connectivity index (χ4n) is 3.44. The number of hydrogen-bond acceptors (Lipinski definition) is 4. The molecule has 2 aromatic carbocycles. The van der Waals surface area contributed by atoms with Crippen LogP contribution in [-0.4, -0.2) is 27.4 Å². The Labute approximate surface area is 151 Å². The van der Waals surface area contributed by atoms with Crippen LogP contribution in [0.2, 0.25) is 0 Å². The lowest BCUT2D eigenvalue weighted by Gasteiger charge is -2.16. The van der Waals surface area contributed by atoms with E-state index in [1.165, 1.54) is 4.90 Å². The molecule has 0 radical (unpaired) electrons. The van der Waals surface area contributed by atoms with Gasteiger partial charge in [-0.25, -0.2) is 9.88 Å². The van der Waals surface area contributed by atoms with E-state index in [-0.39, 0.29) is 18.2 Å². The van der Waals surface area contributed by atoms with Gasteiger partial charge in [0.2, 0.25) is 11.9 Å². The minimum absolute atomic E-state index is 0.125. The largest absolute Gasteiger partial charge is 0.343 e. The maximum atomic E-state index is 12.9. The predicted octanol–water partition coefficient (Wildman–Crippen LogP) is 3.11. The lowest BCUT2D eigenvalue weighted by atomic mass is 10.2. The average Bonchev–Trinajstić information content (AvgIpc) is 3.11. The van der Waals surface area contributed by atoms with E-state index in [1.807, 2.05) is 60.9 Å². The molecule has 26 heavy (non-hydrogen) atoms. The van der Waals surface area contributed by atoms with E-state index in [0.29, 0.717) is 11.6 Å². The van der Waals surface area contributed by atoms with Gasteiger partial charge in [0.05, 0.1) is 23.1 Å². The third-order valence-electron chi connectivity index (χ3n) is 4.68. The number of aryl methyl sites for hydroxylation is 2. The molecule has 0 spiro atoms. The van der Waals surface area contributed by atoms with Gasteiger partial charge in [-0.3, -0.25) is 9.59 Å². The number of imidazole rings is 1. The minimum atomic E-state index is -0.606. The first-order valence-electron chi connectivity index (χ1n) is 8.73. The molecule has 2 heterocycles. The van der Waals surface area contributed by atoms with Crippen molar-refractivity contribution >= 4 is 34.5 Å². The lowest BCUT2D eigenvalue weighted by molar-refractivity contribution is -0.121. The molecule has 1 aromatic heterocycles. The van der Waals surface area contributed by atoms with Crippen LogP contribution in [0.1, 0.15) is 18.9 Å². The monoisotopic (exact) mass is 348 g/mol.